The largest absolute Gasteiger partial charge is 0.370 e. The van der Waals surface area contributed by atoms with Crippen LogP contribution in [0.25, 0.3) is 11.1 Å². The quantitative estimate of drug-likeness (QED) is 0.530. The van der Waals surface area contributed by atoms with Gasteiger partial charge in [0.1, 0.15) is 0 Å². The first kappa shape index (κ1) is 24.0. The maximum absolute atomic E-state index is 13.6. The average molecular weight is 457 g/mol. The summed E-state index contributed by atoms with van der Waals surface area (Å²) in [5.74, 6) is -0.117. The summed E-state index contributed by atoms with van der Waals surface area (Å²) in [7, 11) is 4.30. The molecule has 0 atom stereocenters. The van der Waals surface area contributed by atoms with Gasteiger partial charge < -0.3 is 15.1 Å². The Hall–Kier alpha value is -3.18. The van der Waals surface area contributed by atoms with E-state index in [2.05, 4.69) is 72.3 Å². The van der Waals surface area contributed by atoms with Crippen LogP contribution in [0, 0.1) is 27.7 Å². The summed E-state index contributed by atoms with van der Waals surface area (Å²) in [5, 5.41) is 3.13. The van der Waals surface area contributed by atoms with Crippen LogP contribution >= 0.6 is 0 Å². The second-order valence-corrected chi connectivity index (χ2v) is 9.97. The van der Waals surface area contributed by atoms with Crippen molar-refractivity contribution in [2.24, 2.45) is 0 Å². The summed E-state index contributed by atoms with van der Waals surface area (Å²) < 4.78 is 0. The third-order valence-corrected chi connectivity index (χ3v) is 6.69. The Morgan fingerprint density at radius 1 is 0.882 bits per heavy atom. The summed E-state index contributed by atoms with van der Waals surface area (Å²) in [6, 6.07) is 13.2. The number of anilines is 2. The van der Waals surface area contributed by atoms with E-state index in [-0.39, 0.29) is 5.91 Å². The highest BCUT2D eigenvalue weighted by molar-refractivity contribution is 6.10. The van der Waals surface area contributed by atoms with Gasteiger partial charge in [-0.2, -0.15) is 0 Å². The fourth-order valence-electron chi connectivity index (χ4n) is 5.15. The topological polar surface area (TPSA) is 48.5 Å². The van der Waals surface area contributed by atoms with E-state index in [0.717, 1.165) is 59.6 Å². The van der Waals surface area contributed by atoms with Crippen LogP contribution < -0.4 is 10.2 Å². The van der Waals surface area contributed by atoms with Gasteiger partial charge in [-0.15, -0.1) is 0 Å². The van der Waals surface area contributed by atoms with Gasteiger partial charge in [0, 0.05) is 42.8 Å². The molecule has 2 heterocycles. The molecule has 4 rings (SSSR count). The highest BCUT2D eigenvalue weighted by atomic mass is 16.1. The van der Waals surface area contributed by atoms with Gasteiger partial charge in [-0.1, -0.05) is 35.4 Å². The van der Waals surface area contributed by atoms with Crippen LogP contribution in [-0.2, 0) is 0 Å². The maximum atomic E-state index is 13.6. The predicted molar refractivity (Wildman–Crippen MR) is 142 cm³/mol. The van der Waals surface area contributed by atoms with Crippen molar-refractivity contribution in [2.45, 2.75) is 46.6 Å². The number of hydrogen-bond donors (Lipinski definition) is 1. The predicted octanol–water partition coefficient (Wildman–Crippen LogP) is 5.76. The zero-order valence-corrected chi connectivity index (χ0v) is 21.3. The van der Waals surface area contributed by atoms with Crippen molar-refractivity contribution in [3.05, 3.63) is 76.6 Å². The van der Waals surface area contributed by atoms with Crippen LogP contribution in [0.3, 0.4) is 0 Å². The number of nitrogens with one attached hydrogen (secondary N) is 1. The first-order valence-electron chi connectivity index (χ1n) is 12.1. The summed E-state index contributed by atoms with van der Waals surface area (Å²) in [5.41, 5.74) is 9.22. The fourth-order valence-corrected chi connectivity index (χ4v) is 5.15. The van der Waals surface area contributed by atoms with Crippen molar-refractivity contribution < 1.29 is 4.79 Å². The molecule has 0 unspecified atom stereocenters. The Morgan fingerprint density at radius 2 is 1.44 bits per heavy atom. The van der Waals surface area contributed by atoms with Gasteiger partial charge in [0.25, 0.3) is 5.91 Å². The molecule has 0 saturated carbocycles. The van der Waals surface area contributed by atoms with E-state index < -0.39 is 0 Å². The molecule has 1 aliphatic rings. The molecule has 5 nitrogen and oxygen atoms in total. The number of piperidine rings is 1. The van der Waals surface area contributed by atoms with E-state index in [1.54, 1.807) is 6.20 Å². The van der Waals surface area contributed by atoms with Crippen molar-refractivity contribution in [3.63, 3.8) is 0 Å². The molecule has 34 heavy (non-hydrogen) atoms. The Labute approximate surface area is 203 Å². The lowest BCUT2D eigenvalue weighted by Crippen LogP contribution is -2.42. The monoisotopic (exact) mass is 456 g/mol. The van der Waals surface area contributed by atoms with Gasteiger partial charge in [0.15, 0.2) is 0 Å². The molecule has 0 spiro atoms. The minimum absolute atomic E-state index is 0.117. The van der Waals surface area contributed by atoms with Gasteiger partial charge in [0.05, 0.1) is 11.3 Å². The van der Waals surface area contributed by atoms with Gasteiger partial charge in [0.2, 0.25) is 0 Å². The first-order valence-corrected chi connectivity index (χ1v) is 12.1. The molecule has 178 valence electrons. The van der Waals surface area contributed by atoms with Crippen molar-refractivity contribution in [2.75, 3.05) is 37.4 Å². The average Bonchev–Trinajstić information content (AvgIpc) is 2.77. The van der Waals surface area contributed by atoms with Gasteiger partial charge >= 0.3 is 0 Å². The molecule has 1 amide bonds. The van der Waals surface area contributed by atoms with Crippen LogP contribution in [0.4, 0.5) is 11.4 Å². The minimum Gasteiger partial charge on any atom is -0.370 e. The normalized spacial score (nSPS) is 14.5. The fraction of sp³-hybridized carbons (Fsp3) is 0.379. The Morgan fingerprint density at radius 3 is 2.00 bits per heavy atom. The Kier molecular flexibility index (Phi) is 7.03. The lowest BCUT2D eigenvalue weighted by Gasteiger charge is -2.38. The standard InChI is InChI=1S/C29H36N4O/c1-19-11-20(2)14-23(13-19)26-17-30-18-27(28(26)33-9-7-25(8-10-33)32(5)6)29(34)31-24-15-21(3)12-22(4)16-24/h11-18,25H,7-10H2,1-6H3,(H,31,34). The Bertz CT molecular complexity index is 1150. The van der Waals surface area contributed by atoms with E-state index in [0.29, 0.717) is 11.6 Å². The van der Waals surface area contributed by atoms with E-state index >= 15 is 0 Å². The van der Waals surface area contributed by atoms with Crippen LogP contribution in [0.15, 0.2) is 48.8 Å². The number of nitrogens with zero attached hydrogens (tertiary/aromatic N) is 3. The molecule has 2 aromatic carbocycles. The van der Waals surface area contributed by atoms with Gasteiger partial charge in [-0.3, -0.25) is 9.78 Å². The maximum Gasteiger partial charge on any atom is 0.259 e. The van der Waals surface area contributed by atoms with E-state index in [1.165, 1.54) is 11.1 Å². The van der Waals surface area contributed by atoms with Crippen molar-refractivity contribution >= 4 is 17.3 Å². The van der Waals surface area contributed by atoms with E-state index in [1.807, 2.05) is 32.2 Å². The number of hydrogen-bond acceptors (Lipinski definition) is 4. The van der Waals surface area contributed by atoms with Crippen LogP contribution in [0.2, 0.25) is 0 Å². The second-order valence-electron chi connectivity index (χ2n) is 9.97. The van der Waals surface area contributed by atoms with Crippen LogP contribution in [0.5, 0.6) is 0 Å². The molecule has 1 fully saturated rings. The third-order valence-electron chi connectivity index (χ3n) is 6.69. The zero-order chi connectivity index (χ0) is 24.4. The number of aryl methyl sites for hydroxylation is 4. The van der Waals surface area contributed by atoms with Gasteiger partial charge in [-0.25, -0.2) is 0 Å². The van der Waals surface area contributed by atoms with Crippen molar-refractivity contribution in [1.29, 1.82) is 0 Å². The lowest BCUT2D eigenvalue weighted by molar-refractivity contribution is 0.102. The summed E-state index contributed by atoms with van der Waals surface area (Å²) in [6.07, 6.45) is 5.77. The SMILES string of the molecule is Cc1cc(C)cc(NC(=O)c2cncc(-c3cc(C)cc(C)c3)c2N2CCC(N(C)C)CC2)c1. The molecule has 5 heteroatoms. The highest BCUT2D eigenvalue weighted by Crippen LogP contribution is 2.36. The number of benzene rings is 2. The molecular formula is C29H36N4O. The number of carbonyl (C=O) groups is 1. The molecule has 1 saturated heterocycles. The molecule has 0 radical (unpaired) electrons. The number of pyridine rings is 1. The molecular weight excluding hydrogens is 420 g/mol. The molecule has 1 aromatic heterocycles. The minimum atomic E-state index is -0.117. The lowest BCUT2D eigenvalue weighted by atomic mass is 9.96. The van der Waals surface area contributed by atoms with Crippen LogP contribution in [0.1, 0.15) is 45.5 Å². The first-order chi connectivity index (χ1) is 16.2. The van der Waals surface area contributed by atoms with Crippen molar-refractivity contribution in [1.82, 2.24) is 9.88 Å². The number of rotatable bonds is 5. The van der Waals surface area contributed by atoms with Crippen LogP contribution in [-0.4, -0.2) is 49.0 Å². The Balaban J connectivity index is 1.77. The highest BCUT2D eigenvalue weighted by Gasteiger charge is 2.27. The summed E-state index contributed by atoms with van der Waals surface area (Å²) in [6.45, 7) is 10.1. The van der Waals surface area contributed by atoms with Crippen molar-refractivity contribution in [3.8, 4) is 11.1 Å². The molecule has 0 bridgehead atoms. The molecule has 1 N–H and O–H groups in total. The molecule has 3 aromatic rings. The molecule has 0 aliphatic carbocycles. The summed E-state index contributed by atoms with van der Waals surface area (Å²) >= 11 is 0. The smallest absolute Gasteiger partial charge is 0.259 e. The van der Waals surface area contributed by atoms with Gasteiger partial charge in [-0.05, 0) is 83.5 Å². The number of carbonyl (C=O) groups excluding carboxylic acids is 1. The third kappa shape index (κ3) is 5.31. The number of aromatic nitrogens is 1. The zero-order valence-electron chi connectivity index (χ0n) is 21.3. The molecule has 1 aliphatic heterocycles. The van der Waals surface area contributed by atoms with E-state index in [4.69, 9.17) is 0 Å². The number of amides is 1. The second kappa shape index (κ2) is 9.98. The summed E-state index contributed by atoms with van der Waals surface area (Å²) in [4.78, 5) is 22.8. The van der Waals surface area contributed by atoms with E-state index in [9.17, 15) is 4.79 Å².